The third-order valence-corrected chi connectivity index (χ3v) is 5.51. The Labute approximate surface area is 148 Å². The number of carboxylic acids is 1. The maximum atomic E-state index is 11.0. The number of allylic oxidation sites excluding steroid dienone is 2. The van der Waals surface area contributed by atoms with Crippen molar-refractivity contribution in [2.45, 2.75) is 18.4 Å². The molecule has 2 aromatic carbocycles. The molecular weight excluding hydrogens is 401 g/mol. The van der Waals surface area contributed by atoms with Crippen LogP contribution in [-0.2, 0) is 0 Å². The van der Waals surface area contributed by atoms with Gasteiger partial charge in [0.2, 0.25) is 0 Å². The summed E-state index contributed by atoms with van der Waals surface area (Å²) >= 11 is 2.36. The summed E-state index contributed by atoms with van der Waals surface area (Å²) in [7, 11) is 0. The largest absolute Gasteiger partial charge is 0.478 e. The number of aromatic carboxylic acids is 1. The highest BCUT2D eigenvalue weighted by Crippen LogP contribution is 2.49. The van der Waals surface area contributed by atoms with E-state index < -0.39 is 5.97 Å². The molecule has 0 aromatic heterocycles. The summed E-state index contributed by atoms with van der Waals surface area (Å²) in [5.74, 6) is 0.0370. The lowest BCUT2D eigenvalue weighted by atomic mass is 9.77. The van der Waals surface area contributed by atoms with Crippen LogP contribution in [0.5, 0.6) is 0 Å². The Balaban J connectivity index is 1.73. The number of carboxylic acid groups (broad SMARTS) is 1. The normalized spacial score (nSPS) is 24.7. The van der Waals surface area contributed by atoms with Gasteiger partial charge < -0.3 is 10.4 Å². The molecule has 0 amide bonds. The number of benzene rings is 2. The predicted octanol–water partition coefficient (Wildman–Crippen LogP) is 4.82. The maximum Gasteiger partial charge on any atom is 0.335 e. The van der Waals surface area contributed by atoms with Crippen molar-refractivity contribution in [1.29, 1.82) is 0 Å². The number of rotatable bonds is 2. The number of hydrogen-bond donors (Lipinski definition) is 2. The third-order valence-electron chi connectivity index (χ3n) is 4.84. The zero-order valence-corrected chi connectivity index (χ0v) is 14.5. The van der Waals surface area contributed by atoms with Crippen LogP contribution < -0.4 is 5.32 Å². The molecule has 0 spiro atoms. The van der Waals surface area contributed by atoms with E-state index in [1.165, 1.54) is 14.8 Å². The molecule has 0 fully saturated rings. The summed E-state index contributed by atoms with van der Waals surface area (Å²) in [6.07, 6.45) is 5.64. The van der Waals surface area contributed by atoms with Crippen LogP contribution in [0, 0.1) is 9.49 Å². The number of hydrogen-bond acceptors (Lipinski definition) is 2. The average molecular weight is 417 g/mol. The summed E-state index contributed by atoms with van der Waals surface area (Å²) in [6.45, 7) is 0. The Bertz CT molecular complexity index is 798. The van der Waals surface area contributed by atoms with Gasteiger partial charge >= 0.3 is 5.97 Å². The van der Waals surface area contributed by atoms with Crippen molar-refractivity contribution in [1.82, 2.24) is 0 Å². The van der Waals surface area contributed by atoms with E-state index in [1.807, 2.05) is 12.1 Å². The van der Waals surface area contributed by atoms with Crippen LogP contribution in [0.15, 0.2) is 54.6 Å². The summed E-state index contributed by atoms with van der Waals surface area (Å²) in [5, 5.41) is 12.7. The molecule has 1 heterocycles. The number of fused-ring (bicyclic) bond motifs is 3. The smallest absolute Gasteiger partial charge is 0.335 e. The van der Waals surface area contributed by atoms with Gasteiger partial charge in [-0.1, -0.05) is 24.3 Å². The van der Waals surface area contributed by atoms with Gasteiger partial charge in [0.15, 0.2) is 0 Å². The average Bonchev–Trinajstić information content (AvgIpc) is 3.04. The fourth-order valence-corrected chi connectivity index (χ4v) is 4.24. The lowest BCUT2D eigenvalue weighted by Gasteiger charge is -2.37. The Morgan fingerprint density at radius 3 is 2.70 bits per heavy atom. The van der Waals surface area contributed by atoms with E-state index in [1.54, 1.807) is 12.1 Å². The SMILES string of the molecule is O=C(O)c1ccc(C2Nc3ccc(I)cc3C3C=CCC32)cc1. The molecule has 0 saturated heterocycles. The lowest BCUT2D eigenvalue weighted by molar-refractivity contribution is 0.0697. The minimum Gasteiger partial charge on any atom is -0.478 e. The van der Waals surface area contributed by atoms with E-state index in [0.717, 1.165) is 12.0 Å². The molecule has 1 aliphatic carbocycles. The first-order chi connectivity index (χ1) is 11.1. The Kier molecular flexibility index (Phi) is 3.64. The fraction of sp³-hybridized carbons (Fsp3) is 0.211. The van der Waals surface area contributed by atoms with Gasteiger partial charge in [0.25, 0.3) is 0 Å². The molecular formula is C19H16INO2. The third kappa shape index (κ3) is 2.55. The molecule has 3 nitrogen and oxygen atoms in total. The molecule has 116 valence electrons. The fourth-order valence-electron chi connectivity index (χ4n) is 3.73. The molecule has 23 heavy (non-hydrogen) atoms. The topological polar surface area (TPSA) is 49.3 Å². The molecule has 2 aromatic rings. The van der Waals surface area contributed by atoms with E-state index in [4.69, 9.17) is 5.11 Å². The van der Waals surface area contributed by atoms with Crippen molar-refractivity contribution < 1.29 is 9.90 Å². The second kappa shape index (κ2) is 5.67. The number of halogens is 1. The quantitative estimate of drug-likeness (QED) is 0.545. The van der Waals surface area contributed by atoms with Crippen molar-refractivity contribution in [3.05, 3.63) is 74.9 Å². The highest BCUT2D eigenvalue weighted by Gasteiger charge is 2.37. The van der Waals surface area contributed by atoms with Crippen LogP contribution in [0.2, 0.25) is 0 Å². The van der Waals surface area contributed by atoms with Gasteiger partial charge in [-0.3, -0.25) is 0 Å². The first-order valence-corrected chi connectivity index (χ1v) is 8.77. The molecule has 0 radical (unpaired) electrons. The number of nitrogens with one attached hydrogen (secondary N) is 1. The summed E-state index contributed by atoms with van der Waals surface area (Å²) in [4.78, 5) is 11.0. The van der Waals surface area contributed by atoms with Gasteiger partial charge in [0, 0.05) is 15.2 Å². The molecule has 0 bridgehead atoms. The molecule has 2 aliphatic rings. The molecule has 4 heteroatoms. The zero-order chi connectivity index (χ0) is 16.0. The molecule has 1 aliphatic heterocycles. The maximum absolute atomic E-state index is 11.0. The highest BCUT2D eigenvalue weighted by molar-refractivity contribution is 14.1. The predicted molar refractivity (Wildman–Crippen MR) is 98.9 cm³/mol. The Morgan fingerprint density at radius 2 is 1.96 bits per heavy atom. The zero-order valence-electron chi connectivity index (χ0n) is 12.4. The van der Waals surface area contributed by atoms with E-state index >= 15 is 0 Å². The van der Waals surface area contributed by atoms with Gasteiger partial charge in [-0.2, -0.15) is 0 Å². The van der Waals surface area contributed by atoms with Crippen molar-refractivity contribution in [3.8, 4) is 0 Å². The van der Waals surface area contributed by atoms with Gasteiger partial charge in [0.05, 0.1) is 11.6 Å². The summed E-state index contributed by atoms with van der Waals surface area (Å²) < 4.78 is 1.26. The van der Waals surface area contributed by atoms with E-state index in [9.17, 15) is 4.79 Å². The molecule has 2 N–H and O–H groups in total. The summed E-state index contributed by atoms with van der Waals surface area (Å²) in [5.41, 5.74) is 4.04. The number of carbonyl (C=O) groups is 1. The molecule has 3 atom stereocenters. The second-order valence-corrected chi connectivity index (χ2v) is 7.38. The van der Waals surface area contributed by atoms with Crippen LogP contribution in [0.1, 0.15) is 39.9 Å². The van der Waals surface area contributed by atoms with Crippen LogP contribution in [-0.4, -0.2) is 11.1 Å². The second-order valence-electron chi connectivity index (χ2n) is 6.13. The van der Waals surface area contributed by atoms with Crippen molar-refractivity contribution in [2.75, 3.05) is 5.32 Å². The van der Waals surface area contributed by atoms with Crippen molar-refractivity contribution in [3.63, 3.8) is 0 Å². The first kappa shape index (κ1) is 14.8. The first-order valence-electron chi connectivity index (χ1n) is 7.69. The monoisotopic (exact) mass is 417 g/mol. The van der Waals surface area contributed by atoms with Crippen LogP contribution in [0.3, 0.4) is 0 Å². The Hall–Kier alpha value is -1.82. The number of anilines is 1. The van der Waals surface area contributed by atoms with Gasteiger partial charge in [-0.05, 0) is 76.4 Å². The Morgan fingerprint density at radius 1 is 1.17 bits per heavy atom. The van der Waals surface area contributed by atoms with E-state index in [0.29, 0.717) is 17.4 Å². The van der Waals surface area contributed by atoms with Gasteiger partial charge in [-0.25, -0.2) is 4.79 Å². The van der Waals surface area contributed by atoms with Gasteiger partial charge in [0.1, 0.15) is 0 Å². The lowest BCUT2D eigenvalue weighted by Crippen LogP contribution is -2.29. The molecule has 4 rings (SSSR count). The van der Waals surface area contributed by atoms with E-state index in [2.05, 4.69) is 58.3 Å². The van der Waals surface area contributed by atoms with Crippen LogP contribution in [0.4, 0.5) is 5.69 Å². The highest BCUT2D eigenvalue weighted by atomic mass is 127. The van der Waals surface area contributed by atoms with Crippen LogP contribution >= 0.6 is 22.6 Å². The minimum absolute atomic E-state index is 0.213. The molecule has 3 unspecified atom stereocenters. The van der Waals surface area contributed by atoms with Gasteiger partial charge in [-0.15, -0.1) is 0 Å². The minimum atomic E-state index is -0.881. The molecule has 0 saturated carbocycles. The van der Waals surface area contributed by atoms with Crippen molar-refractivity contribution >= 4 is 34.2 Å². The van der Waals surface area contributed by atoms with Crippen molar-refractivity contribution in [2.24, 2.45) is 5.92 Å². The van der Waals surface area contributed by atoms with Crippen LogP contribution in [0.25, 0.3) is 0 Å². The summed E-state index contributed by atoms with van der Waals surface area (Å²) in [6, 6.07) is 14.0. The van der Waals surface area contributed by atoms with E-state index in [-0.39, 0.29) is 6.04 Å². The standard InChI is InChI=1S/C19H16INO2/c20-13-8-9-17-16(10-13)14-2-1-3-15(14)18(21-17)11-4-6-12(7-5-11)19(22)23/h1-2,4-10,14-15,18,21H,3H2,(H,22,23).